The van der Waals surface area contributed by atoms with Crippen molar-refractivity contribution in [3.05, 3.63) is 24.0 Å². The average molecular weight is 281 g/mol. The van der Waals surface area contributed by atoms with Crippen LogP contribution >= 0.6 is 0 Å². The number of hydrogen-bond donors (Lipinski definition) is 1. The molecule has 1 aromatic rings. The predicted octanol–water partition coefficient (Wildman–Crippen LogP) is 1.10. The molecule has 0 radical (unpaired) electrons. The van der Waals surface area contributed by atoms with Gasteiger partial charge in [-0.05, 0) is 43.7 Å². The molecule has 1 heterocycles. The molecule has 19 heavy (non-hydrogen) atoms. The molecule has 0 aromatic carbocycles. The van der Waals surface area contributed by atoms with E-state index < -0.39 is 10.0 Å². The van der Waals surface area contributed by atoms with Gasteiger partial charge in [-0.15, -0.1) is 0 Å². The first-order valence-corrected chi connectivity index (χ1v) is 8.22. The zero-order chi connectivity index (χ0) is 13.5. The molecule has 0 saturated heterocycles. The third-order valence-corrected chi connectivity index (χ3v) is 5.71. The molecule has 0 unspecified atom stereocenters. The zero-order valence-corrected chi connectivity index (χ0v) is 11.6. The highest BCUT2D eigenvalue weighted by Crippen LogP contribution is 2.38. The zero-order valence-electron chi connectivity index (χ0n) is 10.8. The van der Waals surface area contributed by atoms with Gasteiger partial charge in [-0.1, -0.05) is 0 Å². The molecule has 2 N–H and O–H groups in total. The van der Waals surface area contributed by atoms with Crippen molar-refractivity contribution in [1.82, 2.24) is 9.29 Å². The number of aromatic nitrogens is 1. The summed E-state index contributed by atoms with van der Waals surface area (Å²) in [6, 6.07) is 3.47. The molecule has 2 fully saturated rings. The molecule has 0 bridgehead atoms. The summed E-state index contributed by atoms with van der Waals surface area (Å²) in [6.45, 7) is 0.809. The maximum Gasteiger partial charge on any atom is 0.245 e. The van der Waals surface area contributed by atoms with E-state index in [1.807, 2.05) is 0 Å². The van der Waals surface area contributed by atoms with Gasteiger partial charge in [0.25, 0.3) is 0 Å². The normalized spacial score (nSPS) is 19.9. The fourth-order valence-corrected chi connectivity index (χ4v) is 4.25. The Morgan fingerprint density at radius 3 is 2.63 bits per heavy atom. The SMILES string of the molecule is NCc1ncccc1S(=O)(=O)N(CC1CC1)C1CC1. The molecule has 0 aliphatic heterocycles. The lowest BCUT2D eigenvalue weighted by atomic mass is 10.3. The van der Waals surface area contributed by atoms with Crippen LogP contribution in [-0.4, -0.2) is 30.3 Å². The lowest BCUT2D eigenvalue weighted by Gasteiger charge is -2.22. The Balaban J connectivity index is 1.94. The Hall–Kier alpha value is -0.980. The van der Waals surface area contributed by atoms with Crippen LogP contribution in [0.5, 0.6) is 0 Å². The Morgan fingerprint density at radius 1 is 1.32 bits per heavy atom. The van der Waals surface area contributed by atoms with E-state index in [4.69, 9.17) is 5.73 Å². The van der Waals surface area contributed by atoms with E-state index in [0.29, 0.717) is 18.2 Å². The first kappa shape index (κ1) is 13.0. The maximum absolute atomic E-state index is 12.8. The van der Waals surface area contributed by atoms with Crippen LogP contribution in [0.2, 0.25) is 0 Å². The van der Waals surface area contributed by atoms with Crippen LogP contribution in [-0.2, 0) is 16.6 Å². The summed E-state index contributed by atoms with van der Waals surface area (Å²) in [4.78, 5) is 4.37. The van der Waals surface area contributed by atoms with Gasteiger partial charge in [0.15, 0.2) is 0 Å². The van der Waals surface area contributed by atoms with Crippen molar-refractivity contribution in [3.63, 3.8) is 0 Å². The number of nitrogens with zero attached hydrogens (tertiary/aromatic N) is 2. The van der Waals surface area contributed by atoms with Crippen molar-refractivity contribution >= 4 is 10.0 Å². The largest absolute Gasteiger partial charge is 0.325 e. The van der Waals surface area contributed by atoms with E-state index in [9.17, 15) is 8.42 Å². The quantitative estimate of drug-likeness (QED) is 0.847. The maximum atomic E-state index is 12.8. The Kier molecular flexibility index (Phi) is 3.32. The molecule has 0 spiro atoms. The lowest BCUT2D eigenvalue weighted by Crippen LogP contribution is -2.35. The standard InChI is InChI=1S/C13H19N3O2S/c14-8-12-13(2-1-7-15-12)19(17,18)16(11-5-6-11)9-10-3-4-10/h1-2,7,10-11H,3-6,8-9,14H2. The van der Waals surface area contributed by atoms with Crippen molar-refractivity contribution in [1.29, 1.82) is 0 Å². The molecule has 2 aliphatic rings. The molecule has 3 rings (SSSR count). The third-order valence-electron chi connectivity index (χ3n) is 3.72. The van der Waals surface area contributed by atoms with Crippen molar-refractivity contribution < 1.29 is 8.42 Å². The van der Waals surface area contributed by atoms with E-state index in [0.717, 1.165) is 25.7 Å². The van der Waals surface area contributed by atoms with E-state index in [1.54, 1.807) is 22.6 Å². The minimum atomic E-state index is -3.44. The second kappa shape index (κ2) is 4.85. The van der Waals surface area contributed by atoms with Gasteiger partial charge in [0.05, 0.1) is 5.69 Å². The summed E-state index contributed by atoms with van der Waals surface area (Å²) in [7, 11) is -3.44. The topological polar surface area (TPSA) is 76.3 Å². The van der Waals surface area contributed by atoms with Crippen molar-refractivity contribution in [2.45, 2.75) is 43.2 Å². The molecule has 104 valence electrons. The molecule has 6 heteroatoms. The summed E-state index contributed by atoms with van der Waals surface area (Å²) >= 11 is 0. The highest BCUT2D eigenvalue weighted by Gasteiger charge is 2.41. The number of rotatable bonds is 6. The van der Waals surface area contributed by atoms with Gasteiger partial charge < -0.3 is 5.73 Å². The summed E-state index contributed by atoms with van der Waals surface area (Å²) in [5.41, 5.74) is 6.07. The smallest absolute Gasteiger partial charge is 0.245 e. The van der Waals surface area contributed by atoms with Crippen LogP contribution in [0.4, 0.5) is 0 Å². The Labute approximate surface area is 113 Å². The van der Waals surface area contributed by atoms with Crippen molar-refractivity contribution in [2.75, 3.05) is 6.54 Å². The second-order valence-corrected chi connectivity index (χ2v) is 7.26. The van der Waals surface area contributed by atoms with Crippen LogP contribution in [0.15, 0.2) is 23.2 Å². The van der Waals surface area contributed by atoms with Gasteiger partial charge in [-0.25, -0.2) is 8.42 Å². The van der Waals surface area contributed by atoms with Crippen LogP contribution < -0.4 is 5.73 Å². The van der Waals surface area contributed by atoms with Gasteiger partial charge in [0.1, 0.15) is 4.90 Å². The van der Waals surface area contributed by atoms with Gasteiger partial charge in [0, 0.05) is 25.3 Å². The van der Waals surface area contributed by atoms with E-state index in [1.165, 1.54) is 0 Å². The van der Waals surface area contributed by atoms with Crippen LogP contribution in [0.1, 0.15) is 31.4 Å². The summed E-state index contributed by atoms with van der Waals surface area (Å²) in [5, 5.41) is 0. The van der Waals surface area contributed by atoms with E-state index >= 15 is 0 Å². The molecule has 0 amide bonds. The van der Waals surface area contributed by atoms with Gasteiger partial charge >= 0.3 is 0 Å². The highest BCUT2D eigenvalue weighted by atomic mass is 32.2. The molecular formula is C13H19N3O2S. The first-order chi connectivity index (χ1) is 9.13. The Morgan fingerprint density at radius 2 is 2.05 bits per heavy atom. The molecule has 2 saturated carbocycles. The third kappa shape index (κ3) is 2.66. The van der Waals surface area contributed by atoms with Gasteiger partial charge in [0.2, 0.25) is 10.0 Å². The van der Waals surface area contributed by atoms with Crippen molar-refractivity contribution in [3.8, 4) is 0 Å². The molecular weight excluding hydrogens is 262 g/mol. The van der Waals surface area contributed by atoms with Crippen LogP contribution in [0, 0.1) is 5.92 Å². The average Bonchev–Trinajstić information content (AvgIpc) is 3.28. The minimum absolute atomic E-state index is 0.150. The number of hydrogen-bond acceptors (Lipinski definition) is 4. The van der Waals surface area contributed by atoms with E-state index in [2.05, 4.69) is 4.98 Å². The van der Waals surface area contributed by atoms with Crippen LogP contribution in [0.25, 0.3) is 0 Å². The molecule has 5 nitrogen and oxygen atoms in total. The summed E-state index contributed by atoms with van der Waals surface area (Å²) in [5.74, 6) is 0.549. The first-order valence-electron chi connectivity index (χ1n) is 6.78. The van der Waals surface area contributed by atoms with Crippen molar-refractivity contribution in [2.24, 2.45) is 11.7 Å². The monoisotopic (exact) mass is 281 g/mol. The lowest BCUT2D eigenvalue weighted by molar-refractivity contribution is 0.388. The number of nitrogens with two attached hydrogens (primary N) is 1. The van der Waals surface area contributed by atoms with E-state index in [-0.39, 0.29) is 17.5 Å². The minimum Gasteiger partial charge on any atom is -0.325 e. The van der Waals surface area contributed by atoms with Gasteiger partial charge in [-0.3, -0.25) is 4.98 Å². The fourth-order valence-electron chi connectivity index (χ4n) is 2.30. The molecule has 2 aliphatic carbocycles. The predicted molar refractivity (Wildman–Crippen MR) is 71.8 cm³/mol. The second-order valence-electron chi connectivity index (χ2n) is 5.40. The summed E-state index contributed by atoms with van der Waals surface area (Å²) in [6.07, 6.45) is 5.84. The van der Waals surface area contributed by atoms with Crippen LogP contribution in [0.3, 0.4) is 0 Å². The molecule has 1 aromatic heterocycles. The molecule has 0 atom stereocenters. The number of pyridine rings is 1. The highest BCUT2D eigenvalue weighted by molar-refractivity contribution is 7.89. The number of sulfonamides is 1. The fraction of sp³-hybridized carbons (Fsp3) is 0.615. The Bertz CT molecular complexity index is 565. The summed E-state index contributed by atoms with van der Waals surface area (Å²) < 4.78 is 27.3. The van der Waals surface area contributed by atoms with Gasteiger partial charge in [-0.2, -0.15) is 4.31 Å².